The van der Waals surface area contributed by atoms with Crippen molar-refractivity contribution in [1.82, 2.24) is 9.97 Å². The monoisotopic (exact) mass is 356 g/mol. The summed E-state index contributed by atoms with van der Waals surface area (Å²) in [6, 6.07) is 14.8. The number of fused-ring (bicyclic) bond motifs is 1. The fourth-order valence-electron chi connectivity index (χ4n) is 2.67. The van der Waals surface area contributed by atoms with E-state index < -0.39 is 11.7 Å². The third kappa shape index (κ3) is 2.88. The third-order valence-electron chi connectivity index (χ3n) is 3.93. The van der Waals surface area contributed by atoms with Crippen LogP contribution in [-0.2, 0) is 6.18 Å². The Labute approximate surface area is 144 Å². The minimum atomic E-state index is -4.43. The van der Waals surface area contributed by atoms with Gasteiger partial charge in [-0.05, 0) is 36.4 Å². The molecule has 0 saturated heterocycles. The molecule has 26 heavy (non-hydrogen) atoms. The molecule has 0 spiro atoms. The van der Waals surface area contributed by atoms with Gasteiger partial charge in [0, 0.05) is 5.56 Å². The Morgan fingerprint density at radius 2 is 1.69 bits per heavy atom. The highest BCUT2D eigenvalue weighted by Gasteiger charge is 2.30. The summed E-state index contributed by atoms with van der Waals surface area (Å²) >= 11 is 0. The maximum absolute atomic E-state index is 12.9. The predicted octanol–water partition coefficient (Wildman–Crippen LogP) is 4.87. The normalized spacial score (nSPS) is 11.8. The lowest BCUT2D eigenvalue weighted by Crippen LogP contribution is -2.08. The Balaban J connectivity index is 1.77. The maximum atomic E-state index is 12.9. The number of halogens is 3. The number of furan rings is 1. The Hall–Kier alpha value is -3.35. The number of H-pyrrole nitrogens is 1. The van der Waals surface area contributed by atoms with E-state index in [4.69, 9.17) is 4.42 Å². The van der Waals surface area contributed by atoms with Crippen molar-refractivity contribution in [3.05, 3.63) is 76.6 Å². The molecule has 130 valence electrons. The molecule has 0 bridgehead atoms. The smallest absolute Gasteiger partial charge is 0.416 e. The van der Waals surface area contributed by atoms with Crippen molar-refractivity contribution in [2.75, 3.05) is 0 Å². The number of hydrogen-bond donors (Lipinski definition) is 1. The van der Waals surface area contributed by atoms with Crippen molar-refractivity contribution < 1.29 is 17.6 Å². The molecule has 7 heteroatoms. The zero-order valence-electron chi connectivity index (χ0n) is 13.2. The molecule has 1 N–H and O–H groups in total. The van der Waals surface area contributed by atoms with E-state index in [1.165, 1.54) is 12.1 Å². The molecule has 0 atom stereocenters. The standard InChI is InChI=1S/C19H11F3N2O2/c20-19(21,22)12-5-3-4-11(10-12)15-8-9-16(26-15)17-23-14-7-2-1-6-13(14)18(25)24-17/h1-10H,(H,23,24,25). The first-order valence-corrected chi connectivity index (χ1v) is 7.69. The minimum Gasteiger partial charge on any atom is -0.453 e. The van der Waals surface area contributed by atoms with Gasteiger partial charge < -0.3 is 9.40 Å². The van der Waals surface area contributed by atoms with Crippen molar-refractivity contribution in [3.63, 3.8) is 0 Å². The van der Waals surface area contributed by atoms with E-state index in [1.54, 1.807) is 36.4 Å². The van der Waals surface area contributed by atoms with E-state index in [1.807, 2.05) is 0 Å². The van der Waals surface area contributed by atoms with Crippen LogP contribution in [0, 0.1) is 0 Å². The first kappa shape index (κ1) is 16.1. The number of hydrogen-bond acceptors (Lipinski definition) is 3. The van der Waals surface area contributed by atoms with Gasteiger partial charge in [0.15, 0.2) is 11.6 Å². The lowest BCUT2D eigenvalue weighted by molar-refractivity contribution is -0.137. The van der Waals surface area contributed by atoms with Gasteiger partial charge in [-0.25, -0.2) is 4.98 Å². The van der Waals surface area contributed by atoms with Gasteiger partial charge in [0.05, 0.1) is 16.5 Å². The van der Waals surface area contributed by atoms with Crippen LogP contribution in [0.15, 0.2) is 69.9 Å². The lowest BCUT2D eigenvalue weighted by atomic mass is 10.1. The molecule has 4 rings (SSSR count). The average Bonchev–Trinajstić information content (AvgIpc) is 3.11. The molecule has 4 aromatic rings. The molecule has 0 unspecified atom stereocenters. The van der Waals surface area contributed by atoms with E-state index in [-0.39, 0.29) is 28.5 Å². The molecule has 0 aliphatic rings. The fraction of sp³-hybridized carbons (Fsp3) is 0.0526. The van der Waals surface area contributed by atoms with Crippen molar-refractivity contribution in [2.24, 2.45) is 0 Å². The molecule has 2 aromatic heterocycles. The summed E-state index contributed by atoms with van der Waals surface area (Å²) < 4.78 is 44.2. The van der Waals surface area contributed by atoms with Crippen LogP contribution >= 0.6 is 0 Å². The van der Waals surface area contributed by atoms with E-state index in [0.29, 0.717) is 10.9 Å². The van der Waals surface area contributed by atoms with Gasteiger partial charge in [-0.3, -0.25) is 4.79 Å². The number of aromatic nitrogens is 2. The van der Waals surface area contributed by atoms with E-state index in [9.17, 15) is 18.0 Å². The first-order valence-electron chi connectivity index (χ1n) is 7.69. The molecule has 0 saturated carbocycles. The molecule has 2 heterocycles. The Bertz CT molecular complexity index is 1160. The van der Waals surface area contributed by atoms with Crippen LogP contribution in [0.4, 0.5) is 13.2 Å². The highest BCUT2D eigenvalue weighted by molar-refractivity contribution is 5.79. The van der Waals surface area contributed by atoms with E-state index in [0.717, 1.165) is 12.1 Å². The number of benzene rings is 2. The maximum Gasteiger partial charge on any atom is 0.416 e. The zero-order valence-corrected chi connectivity index (χ0v) is 13.2. The highest BCUT2D eigenvalue weighted by atomic mass is 19.4. The molecule has 4 nitrogen and oxygen atoms in total. The van der Waals surface area contributed by atoms with Crippen molar-refractivity contribution in [1.29, 1.82) is 0 Å². The van der Waals surface area contributed by atoms with Crippen LogP contribution in [0.25, 0.3) is 33.8 Å². The highest BCUT2D eigenvalue weighted by Crippen LogP contribution is 2.33. The summed E-state index contributed by atoms with van der Waals surface area (Å²) in [4.78, 5) is 19.1. The number of alkyl halides is 3. The zero-order chi connectivity index (χ0) is 18.3. The number of para-hydroxylation sites is 1. The summed E-state index contributed by atoms with van der Waals surface area (Å²) in [5.74, 6) is 0.731. The number of nitrogens with zero attached hydrogens (tertiary/aromatic N) is 1. The van der Waals surface area contributed by atoms with Gasteiger partial charge in [-0.2, -0.15) is 13.2 Å². The quantitative estimate of drug-likeness (QED) is 0.557. The topological polar surface area (TPSA) is 58.9 Å². The Morgan fingerprint density at radius 1 is 0.923 bits per heavy atom. The lowest BCUT2D eigenvalue weighted by Gasteiger charge is -2.07. The fourth-order valence-corrected chi connectivity index (χ4v) is 2.67. The third-order valence-corrected chi connectivity index (χ3v) is 3.93. The Morgan fingerprint density at radius 3 is 2.50 bits per heavy atom. The second-order valence-corrected chi connectivity index (χ2v) is 5.67. The second-order valence-electron chi connectivity index (χ2n) is 5.67. The van der Waals surface area contributed by atoms with Crippen LogP contribution < -0.4 is 5.56 Å². The van der Waals surface area contributed by atoms with Crippen LogP contribution in [0.5, 0.6) is 0 Å². The molecule has 0 aliphatic heterocycles. The molecule has 0 fully saturated rings. The summed E-state index contributed by atoms with van der Waals surface area (Å²) in [6.07, 6.45) is -4.43. The molecule has 0 radical (unpaired) electrons. The summed E-state index contributed by atoms with van der Waals surface area (Å²) in [5.41, 5.74) is -0.287. The first-order chi connectivity index (χ1) is 12.4. The number of rotatable bonds is 2. The number of nitrogens with one attached hydrogen (secondary N) is 1. The average molecular weight is 356 g/mol. The summed E-state index contributed by atoms with van der Waals surface area (Å²) in [5, 5.41) is 0.445. The molecule has 0 aliphatic carbocycles. The Kier molecular flexibility index (Phi) is 3.64. The van der Waals surface area contributed by atoms with E-state index in [2.05, 4.69) is 9.97 Å². The van der Waals surface area contributed by atoms with Gasteiger partial charge >= 0.3 is 6.18 Å². The largest absolute Gasteiger partial charge is 0.453 e. The predicted molar refractivity (Wildman–Crippen MR) is 90.5 cm³/mol. The molecular formula is C19H11F3N2O2. The van der Waals surface area contributed by atoms with Gasteiger partial charge in [-0.15, -0.1) is 0 Å². The van der Waals surface area contributed by atoms with Crippen LogP contribution in [0.1, 0.15) is 5.56 Å². The number of aromatic amines is 1. The van der Waals surface area contributed by atoms with Crippen molar-refractivity contribution >= 4 is 10.9 Å². The SMILES string of the molecule is O=c1[nH]c(-c2ccc(-c3cccc(C(F)(F)F)c3)o2)nc2ccccc12. The molecular weight excluding hydrogens is 345 g/mol. The van der Waals surface area contributed by atoms with Crippen LogP contribution in [0.3, 0.4) is 0 Å². The van der Waals surface area contributed by atoms with Crippen molar-refractivity contribution in [2.45, 2.75) is 6.18 Å². The van der Waals surface area contributed by atoms with Crippen LogP contribution in [0.2, 0.25) is 0 Å². The van der Waals surface area contributed by atoms with Crippen molar-refractivity contribution in [3.8, 4) is 22.9 Å². The molecule has 2 aromatic carbocycles. The van der Waals surface area contributed by atoms with Gasteiger partial charge in [0.2, 0.25) is 0 Å². The van der Waals surface area contributed by atoms with Gasteiger partial charge in [0.25, 0.3) is 5.56 Å². The molecule has 0 amide bonds. The summed E-state index contributed by atoms with van der Waals surface area (Å²) in [7, 11) is 0. The van der Waals surface area contributed by atoms with Crippen LogP contribution in [-0.4, -0.2) is 9.97 Å². The van der Waals surface area contributed by atoms with Gasteiger partial charge in [-0.1, -0.05) is 24.3 Å². The minimum absolute atomic E-state index is 0.215. The second kappa shape index (κ2) is 5.87. The summed E-state index contributed by atoms with van der Waals surface area (Å²) in [6.45, 7) is 0. The van der Waals surface area contributed by atoms with E-state index >= 15 is 0 Å². The van der Waals surface area contributed by atoms with Gasteiger partial charge in [0.1, 0.15) is 5.76 Å².